The first kappa shape index (κ1) is 14.4. The Morgan fingerprint density at radius 2 is 1.89 bits per heavy atom. The number of benzene rings is 2. The molecule has 1 N–H and O–H groups in total. The van der Waals surface area contributed by atoms with E-state index in [0.29, 0.717) is 11.6 Å². The molecule has 0 heterocycles. The SMILES string of the molecule is CNCc1ccc(OCc2ccc(Br)cc2Cl)cc1. The molecular weight excluding hydrogens is 326 g/mol. The number of halogens is 2. The maximum atomic E-state index is 6.14. The van der Waals surface area contributed by atoms with Gasteiger partial charge in [0, 0.05) is 21.6 Å². The van der Waals surface area contributed by atoms with Crippen LogP contribution >= 0.6 is 27.5 Å². The molecule has 2 rings (SSSR count). The fourth-order valence-electron chi connectivity index (χ4n) is 1.71. The van der Waals surface area contributed by atoms with Crippen LogP contribution in [0.3, 0.4) is 0 Å². The van der Waals surface area contributed by atoms with Crippen molar-refractivity contribution >= 4 is 27.5 Å². The predicted molar refractivity (Wildman–Crippen MR) is 82.7 cm³/mol. The molecule has 0 amide bonds. The molecule has 0 aliphatic heterocycles. The van der Waals surface area contributed by atoms with Gasteiger partial charge in [-0.2, -0.15) is 0 Å². The molecular formula is C15H15BrClNO. The summed E-state index contributed by atoms with van der Waals surface area (Å²) in [5.41, 5.74) is 2.21. The third kappa shape index (κ3) is 4.23. The average Bonchev–Trinajstić information content (AvgIpc) is 2.40. The van der Waals surface area contributed by atoms with Crippen LogP contribution in [-0.2, 0) is 13.2 Å². The number of nitrogens with one attached hydrogen (secondary N) is 1. The highest BCUT2D eigenvalue weighted by atomic mass is 79.9. The van der Waals surface area contributed by atoms with Crippen LogP contribution in [-0.4, -0.2) is 7.05 Å². The minimum Gasteiger partial charge on any atom is -0.489 e. The van der Waals surface area contributed by atoms with Crippen LogP contribution in [0.25, 0.3) is 0 Å². The van der Waals surface area contributed by atoms with Crippen molar-refractivity contribution in [2.24, 2.45) is 0 Å². The summed E-state index contributed by atoms with van der Waals surface area (Å²) >= 11 is 9.53. The van der Waals surface area contributed by atoms with Crippen molar-refractivity contribution in [2.45, 2.75) is 13.2 Å². The molecule has 0 aliphatic carbocycles. The molecule has 4 heteroatoms. The van der Waals surface area contributed by atoms with Gasteiger partial charge in [0.05, 0.1) is 0 Å². The molecule has 0 saturated carbocycles. The maximum Gasteiger partial charge on any atom is 0.119 e. The van der Waals surface area contributed by atoms with Gasteiger partial charge in [0.1, 0.15) is 12.4 Å². The van der Waals surface area contributed by atoms with E-state index in [4.69, 9.17) is 16.3 Å². The van der Waals surface area contributed by atoms with Crippen molar-refractivity contribution in [3.8, 4) is 5.75 Å². The standard InChI is InChI=1S/C15H15BrClNO/c1-18-9-11-2-6-14(7-3-11)19-10-12-4-5-13(16)8-15(12)17/h2-8,18H,9-10H2,1H3. The summed E-state index contributed by atoms with van der Waals surface area (Å²) in [4.78, 5) is 0. The van der Waals surface area contributed by atoms with Crippen LogP contribution in [0.4, 0.5) is 0 Å². The largest absolute Gasteiger partial charge is 0.489 e. The first-order valence-corrected chi connectivity index (χ1v) is 7.16. The van der Waals surface area contributed by atoms with E-state index in [2.05, 4.69) is 33.4 Å². The minimum atomic E-state index is 0.470. The Hall–Kier alpha value is -1.03. The molecule has 0 fully saturated rings. The lowest BCUT2D eigenvalue weighted by Crippen LogP contribution is -2.04. The van der Waals surface area contributed by atoms with Crippen LogP contribution in [0, 0.1) is 0 Å². The number of ether oxygens (including phenoxy) is 1. The fourth-order valence-corrected chi connectivity index (χ4v) is 2.44. The molecule has 2 aromatic rings. The van der Waals surface area contributed by atoms with Gasteiger partial charge in [-0.05, 0) is 36.9 Å². The Balaban J connectivity index is 1.98. The zero-order valence-electron chi connectivity index (χ0n) is 10.6. The quantitative estimate of drug-likeness (QED) is 0.871. The molecule has 0 bridgehead atoms. The summed E-state index contributed by atoms with van der Waals surface area (Å²) in [5, 5.41) is 3.82. The number of hydrogen-bond acceptors (Lipinski definition) is 2. The van der Waals surface area contributed by atoms with E-state index in [0.717, 1.165) is 22.3 Å². The Kier molecular flexibility index (Phi) is 5.25. The summed E-state index contributed by atoms with van der Waals surface area (Å²) in [7, 11) is 1.93. The van der Waals surface area contributed by atoms with Crippen molar-refractivity contribution in [3.05, 3.63) is 63.1 Å². The molecule has 0 atom stereocenters. The summed E-state index contributed by atoms with van der Waals surface area (Å²) in [5.74, 6) is 0.846. The van der Waals surface area contributed by atoms with Crippen LogP contribution in [0.1, 0.15) is 11.1 Å². The second-order valence-corrected chi connectivity index (χ2v) is 5.52. The van der Waals surface area contributed by atoms with Gasteiger partial charge in [-0.15, -0.1) is 0 Å². The molecule has 2 aromatic carbocycles. The lowest BCUT2D eigenvalue weighted by molar-refractivity contribution is 0.306. The molecule has 0 spiro atoms. The molecule has 0 unspecified atom stereocenters. The highest BCUT2D eigenvalue weighted by molar-refractivity contribution is 9.10. The summed E-state index contributed by atoms with van der Waals surface area (Å²) < 4.78 is 6.70. The van der Waals surface area contributed by atoms with Gasteiger partial charge in [-0.3, -0.25) is 0 Å². The third-order valence-corrected chi connectivity index (χ3v) is 3.56. The zero-order chi connectivity index (χ0) is 13.7. The van der Waals surface area contributed by atoms with Gasteiger partial charge in [-0.25, -0.2) is 0 Å². The van der Waals surface area contributed by atoms with Gasteiger partial charge in [-0.1, -0.05) is 45.7 Å². The van der Waals surface area contributed by atoms with Crippen molar-refractivity contribution in [2.75, 3.05) is 7.05 Å². The van der Waals surface area contributed by atoms with Gasteiger partial charge in [0.25, 0.3) is 0 Å². The van der Waals surface area contributed by atoms with E-state index in [1.165, 1.54) is 5.56 Å². The lowest BCUT2D eigenvalue weighted by Gasteiger charge is -2.09. The molecule has 100 valence electrons. The highest BCUT2D eigenvalue weighted by Gasteiger charge is 2.02. The molecule has 0 aliphatic rings. The monoisotopic (exact) mass is 339 g/mol. The van der Waals surface area contributed by atoms with Gasteiger partial charge >= 0.3 is 0 Å². The van der Waals surface area contributed by atoms with E-state index in [1.807, 2.05) is 37.4 Å². The Morgan fingerprint density at radius 1 is 1.16 bits per heavy atom. The normalized spacial score (nSPS) is 10.5. The van der Waals surface area contributed by atoms with Crippen LogP contribution in [0.5, 0.6) is 5.75 Å². The van der Waals surface area contributed by atoms with Crippen LogP contribution in [0.15, 0.2) is 46.9 Å². The second-order valence-electron chi connectivity index (χ2n) is 4.20. The first-order valence-electron chi connectivity index (χ1n) is 5.99. The summed E-state index contributed by atoms with van der Waals surface area (Å²) in [6.07, 6.45) is 0. The lowest BCUT2D eigenvalue weighted by atomic mass is 10.2. The molecule has 0 saturated heterocycles. The van der Waals surface area contributed by atoms with E-state index in [-0.39, 0.29) is 0 Å². The number of rotatable bonds is 5. The fraction of sp³-hybridized carbons (Fsp3) is 0.200. The van der Waals surface area contributed by atoms with E-state index in [1.54, 1.807) is 0 Å². The number of hydrogen-bond donors (Lipinski definition) is 1. The van der Waals surface area contributed by atoms with E-state index < -0.39 is 0 Å². The molecule has 2 nitrogen and oxygen atoms in total. The van der Waals surface area contributed by atoms with E-state index >= 15 is 0 Å². The van der Waals surface area contributed by atoms with Gasteiger partial charge in [0.2, 0.25) is 0 Å². The van der Waals surface area contributed by atoms with Crippen LogP contribution < -0.4 is 10.1 Å². The Labute approximate surface area is 126 Å². The molecule has 0 radical (unpaired) electrons. The predicted octanol–water partition coefficient (Wildman–Crippen LogP) is 4.40. The first-order chi connectivity index (χ1) is 9.19. The highest BCUT2D eigenvalue weighted by Crippen LogP contribution is 2.23. The Bertz CT molecular complexity index is 542. The average molecular weight is 341 g/mol. The van der Waals surface area contributed by atoms with Crippen LogP contribution in [0.2, 0.25) is 5.02 Å². The Morgan fingerprint density at radius 3 is 2.53 bits per heavy atom. The summed E-state index contributed by atoms with van der Waals surface area (Å²) in [6.45, 7) is 1.33. The topological polar surface area (TPSA) is 21.3 Å². The van der Waals surface area contributed by atoms with Crippen molar-refractivity contribution < 1.29 is 4.74 Å². The van der Waals surface area contributed by atoms with Crippen molar-refractivity contribution in [3.63, 3.8) is 0 Å². The van der Waals surface area contributed by atoms with Crippen molar-refractivity contribution in [1.82, 2.24) is 5.32 Å². The minimum absolute atomic E-state index is 0.470. The maximum absolute atomic E-state index is 6.14. The van der Waals surface area contributed by atoms with Crippen molar-refractivity contribution in [1.29, 1.82) is 0 Å². The molecule has 0 aromatic heterocycles. The van der Waals surface area contributed by atoms with E-state index in [9.17, 15) is 0 Å². The third-order valence-electron chi connectivity index (χ3n) is 2.71. The summed E-state index contributed by atoms with van der Waals surface area (Å²) in [6, 6.07) is 13.8. The van der Waals surface area contributed by atoms with Gasteiger partial charge < -0.3 is 10.1 Å². The smallest absolute Gasteiger partial charge is 0.119 e. The van der Waals surface area contributed by atoms with Gasteiger partial charge in [0.15, 0.2) is 0 Å². The second kappa shape index (κ2) is 6.94. The zero-order valence-corrected chi connectivity index (χ0v) is 13.0. The molecule has 19 heavy (non-hydrogen) atoms.